The van der Waals surface area contributed by atoms with Crippen molar-refractivity contribution in [3.63, 3.8) is 0 Å². The maximum Gasteiger partial charge on any atom is 0.254 e. The lowest BCUT2D eigenvalue weighted by molar-refractivity contribution is 0.0772. The number of nitrogens with zero attached hydrogens (tertiary/aromatic N) is 2. The van der Waals surface area contributed by atoms with Gasteiger partial charge in [-0.15, -0.1) is 12.4 Å². The van der Waals surface area contributed by atoms with Gasteiger partial charge >= 0.3 is 0 Å². The van der Waals surface area contributed by atoms with E-state index in [0.29, 0.717) is 24.7 Å². The summed E-state index contributed by atoms with van der Waals surface area (Å²) in [5.41, 5.74) is 1.28. The van der Waals surface area contributed by atoms with Gasteiger partial charge in [-0.05, 0) is 31.0 Å². The molecule has 1 amide bonds. The van der Waals surface area contributed by atoms with E-state index in [1.165, 1.54) is 6.07 Å². The molecule has 2 N–H and O–H groups in total. The van der Waals surface area contributed by atoms with Crippen molar-refractivity contribution >= 4 is 28.3 Å². The van der Waals surface area contributed by atoms with E-state index in [0.717, 1.165) is 44.7 Å². The van der Waals surface area contributed by atoms with Crippen LogP contribution in [0.2, 0.25) is 0 Å². The lowest BCUT2D eigenvalue weighted by Gasteiger charge is -2.32. The van der Waals surface area contributed by atoms with Crippen LogP contribution in [0.4, 0.5) is 0 Å². The molecule has 2 aliphatic rings. The second-order valence-corrected chi connectivity index (χ2v) is 8.72. The molecule has 0 spiro atoms. The number of amides is 1. The summed E-state index contributed by atoms with van der Waals surface area (Å²) in [7, 11) is -3.57. The zero-order valence-electron chi connectivity index (χ0n) is 15.9. The molecule has 7 nitrogen and oxygen atoms in total. The fourth-order valence-electron chi connectivity index (χ4n) is 3.71. The van der Waals surface area contributed by atoms with Gasteiger partial charge < -0.3 is 10.2 Å². The minimum Gasteiger partial charge on any atom is -0.337 e. The van der Waals surface area contributed by atoms with Crippen molar-refractivity contribution in [2.75, 3.05) is 45.8 Å². The first kappa shape index (κ1) is 22.1. The molecule has 0 radical (unpaired) electrons. The first-order valence-electron chi connectivity index (χ1n) is 9.26. The van der Waals surface area contributed by atoms with Crippen LogP contribution < -0.4 is 10.0 Å². The number of hydrogen-bond acceptors (Lipinski definition) is 5. The summed E-state index contributed by atoms with van der Waals surface area (Å²) in [6.07, 6.45) is 0.972. The largest absolute Gasteiger partial charge is 0.337 e. The van der Waals surface area contributed by atoms with E-state index in [4.69, 9.17) is 0 Å². The summed E-state index contributed by atoms with van der Waals surface area (Å²) < 4.78 is 27.0. The monoisotopic (exact) mass is 416 g/mol. The van der Waals surface area contributed by atoms with Crippen molar-refractivity contribution in [1.29, 1.82) is 0 Å². The van der Waals surface area contributed by atoms with Crippen LogP contribution in [0.15, 0.2) is 23.1 Å². The molecule has 1 atom stereocenters. The fraction of sp³-hybridized carbons (Fsp3) is 0.611. The van der Waals surface area contributed by atoms with Crippen molar-refractivity contribution in [3.05, 3.63) is 29.3 Å². The van der Waals surface area contributed by atoms with Crippen LogP contribution >= 0.6 is 12.4 Å². The van der Waals surface area contributed by atoms with Crippen molar-refractivity contribution in [3.8, 4) is 0 Å². The van der Waals surface area contributed by atoms with Crippen molar-refractivity contribution in [2.45, 2.75) is 31.2 Å². The number of benzene rings is 1. The Labute approximate surface area is 167 Å². The van der Waals surface area contributed by atoms with E-state index < -0.39 is 10.0 Å². The Morgan fingerprint density at radius 3 is 2.63 bits per heavy atom. The van der Waals surface area contributed by atoms with E-state index in [9.17, 15) is 13.2 Å². The molecule has 0 saturated carbocycles. The molecule has 1 aromatic rings. The molecule has 2 heterocycles. The molecule has 27 heavy (non-hydrogen) atoms. The highest BCUT2D eigenvalue weighted by Gasteiger charge is 2.32. The summed E-state index contributed by atoms with van der Waals surface area (Å²) >= 11 is 0. The summed E-state index contributed by atoms with van der Waals surface area (Å²) in [6.45, 7) is 9.35. The van der Waals surface area contributed by atoms with Crippen LogP contribution in [0, 0.1) is 6.92 Å². The molecule has 0 aromatic heterocycles. The lowest BCUT2D eigenvalue weighted by Crippen LogP contribution is -2.49. The maximum atomic E-state index is 13.0. The molecule has 0 bridgehead atoms. The highest BCUT2D eigenvalue weighted by Crippen LogP contribution is 2.22. The molecule has 9 heteroatoms. The van der Waals surface area contributed by atoms with Crippen molar-refractivity contribution < 1.29 is 13.2 Å². The highest BCUT2D eigenvalue weighted by molar-refractivity contribution is 7.89. The van der Waals surface area contributed by atoms with Crippen LogP contribution in [-0.2, 0) is 10.0 Å². The molecule has 2 fully saturated rings. The zero-order chi connectivity index (χ0) is 18.7. The normalized spacial score (nSPS) is 21.1. The molecule has 1 aromatic carbocycles. The number of piperazine rings is 1. The van der Waals surface area contributed by atoms with Crippen LogP contribution in [0.25, 0.3) is 0 Å². The van der Waals surface area contributed by atoms with Crippen molar-refractivity contribution in [1.82, 2.24) is 19.8 Å². The third-order valence-corrected chi connectivity index (χ3v) is 6.75. The van der Waals surface area contributed by atoms with Gasteiger partial charge in [-0.2, -0.15) is 0 Å². The Hall–Kier alpha value is -1.19. The number of nitrogens with one attached hydrogen (secondary N) is 2. The third-order valence-electron chi connectivity index (χ3n) is 5.20. The van der Waals surface area contributed by atoms with Crippen LogP contribution in [0.1, 0.15) is 29.3 Å². The van der Waals surface area contributed by atoms with E-state index in [1.54, 1.807) is 19.1 Å². The summed E-state index contributed by atoms with van der Waals surface area (Å²) in [6, 6.07) is 5.17. The predicted molar refractivity (Wildman–Crippen MR) is 108 cm³/mol. The van der Waals surface area contributed by atoms with E-state index in [1.807, 2.05) is 11.8 Å². The van der Waals surface area contributed by atoms with Crippen LogP contribution in [-0.4, -0.2) is 76.0 Å². The number of likely N-dealkylation sites (tertiary alicyclic amines) is 1. The topological polar surface area (TPSA) is 81.8 Å². The molecule has 2 aliphatic heterocycles. The van der Waals surface area contributed by atoms with Gasteiger partial charge in [0, 0.05) is 57.4 Å². The predicted octanol–water partition coefficient (Wildman–Crippen LogP) is 0.835. The zero-order valence-corrected chi connectivity index (χ0v) is 17.5. The Morgan fingerprint density at radius 1 is 1.26 bits per heavy atom. The molecule has 0 aliphatic carbocycles. The number of sulfonamides is 1. The fourth-order valence-corrected chi connectivity index (χ4v) is 4.78. The van der Waals surface area contributed by atoms with Gasteiger partial charge in [-0.25, -0.2) is 13.1 Å². The maximum absolute atomic E-state index is 13.0. The SMILES string of the molecule is CCNS(=O)(=O)c1ccc(C)c(C(=O)N2CCC(N3CCNCC3)C2)c1.Cl. The number of halogens is 1. The van der Waals surface area contributed by atoms with E-state index >= 15 is 0 Å². The number of carbonyl (C=O) groups excluding carboxylic acids is 1. The van der Waals surface area contributed by atoms with Gasteiger partial charge in [0.1, 0.15) is 0 Å². The minimum atomic E-state index is -3.57. The van der Waals surface area contributed by atoms with Gasteiger partial charge in [0.2, 0.25) is 10.0 Å². The Bertz CT molecular complexity index is 766. The number of rotatable bonds is 5. The molecule has 152 valence electrons. The Morgan fingerprint density at radius 2 is 1.96 bits per heavy atom. The number of aryl methyl sites for hydroxylation is 1. The van der Waals surface area contributed by atoms with Crippen LogP contribution in [0.5, 0.6) is 0 Å². The lowest BCUT2D eigenvalue weighted by atomic mass is 10.1. The summed E-state index contributed by atoms with van der Waals surface area (Å²) in [5.74, 6) is -0.0753. The van der Waals surface area contributed by atoms with Crippen molar-refractivity contribution in [2.24, 2.45) is 0 Å². The molecular weight excluding hydrogens is 388 g/mol. The Kier molecular flexibility index (Phi) is 7.64. The molecular formula is C18H29ClN4O3S. The van der Waals surface area contributed by atoms with Crippen LogP contribution in [0.3, 0.4) is 0 Å². The van der Waals surface area contributed by atoms with Gasteiger partial charge in [-0.1, -0.05) is 13.0 Å². The summed E-state index contributed by atoms with van der Waals surface area (Å²) in [4.78, 5) is 17.5. The van der Waals surface area contributed by atoms with Gasteiger partial charge in [0.25, 0.3) is 5.91 Å². The highest BCUT2D eigenvalue weighted by atomic mass is 35.5. The first-order valence-corrected chi connectivity index (χ1v) is 10.7. The number of carbonyl (C=O) groups is 1. The minimum absolute atomic E-state index is 0. The second kappa shape index (κ2) is 9.34. The molecule has 3 rings (SSSR count). The third kappa shape index (κ3) is 5.00. The summed E-state index contributed by atoms with van der Waals surface area (Å²) in [5, 5.41) is 3.35. The van der Waals surface area contributed by atoms with Gasteiger partial charge in [0.05, 0.1) is 4.90 Å². The molecule has 2 saturated heterocycles. The standard InChI is InChI=1S/C18H28N4O3S.ClH/c1-3-20-26(24,25)16-5-4-14(2)17(12-16)18(23)22-9-6-15(13-22)21-10-7-19-8-11-21;/h4-5,12,15,19-20H,3,6-11,13H2,1-2H3;1H. The quantitative estimate of drug-likeness (QED) is 0.743. The first-order chi connectivity index (χ1) is 12.4. The van der Waals surface area contributed by atoms with Gasteiger partial charge in [-0.3, -0.25) is 9.69 Å². The average molecular weight is 417 g/mol. The second-order valence-electron chi connectivity index (χ2n) is 6.96. The molecule has 1 unspecified atom stereocenters. The number of hydrogen-bond donors (Lipinski definition) is 2. The van der Waals surface area contributed by atoms with E-state index in [2.05, 4.69) is 14.9 Å². The van der Waals surface area contributed by atoms with E-state index in [-0.39, 0.29) is 23.2 Å². The average Bonchev–Trinajstić information content (AvgIpc) is 3.12. The van der Waals surface area contributed by atoms with Gasteiger partial charge in [0.15, 0.2) is 0 Å². The Balaban J connectivity index is 0.00000261. The smallest absolute Gasteiger partial charge is 0.254 e.